The highest BCUT2D eigenvalue weighted by molar-refractivity contribution is 7.89. The molecule has 0 bridgehead atoms. The Morgan fingerprint density at radius 1 is 1.25 bits per heavy atom. The van der Waals surface area contributed by atoms with Crippen LogP contribution < -0.4 is 4.72 Å². The van der Waals surface area contributed by atoms with E-state index < -0.39 is 16.2 Å². The van der Waals surface area contributed by atoms with Crippen LogP contribution in [0.4, 0.5) is 0 Å². The molecule has 96 valence electrons. The van der Waals surface area contributed by atoms with Crippen LogP contribution in [0.2, 0.25) is 0 Å². The summed E-state index contributed by atoms with van der Waals surface area (Å²) in [6.45, 7) is 2.90. The molecule has 0 aliphatic carbocycles. The van der Waals surface area contributed by atoms with Gasteiger partial charge in [0.25, 0.3) is 0 Å². The zero-order valence-electron chi connectivity index (χ0n) is 10.3. The summed E-state index contributed by atoms with van der Waals surface area (Å²) < 4.78 is 24.9. The smallest absolute Gasteiger partial charge is 0.213 e. The van der Waals surface area contributed by atoms with E-state index in [1.54, 1.807) is 11.9 Å². The van der Waals surface area contributed by atoms with Gasteiger partial charge in [0.05, 0.1) is 5.75 Å². The van der Waals surface area contributed by atoms with Gasteiger partial charge in [0.15, 0.2) is 6.29 Å². The van der Waals surface area contributed by atoms with Crippen molar-refractivity contribution in [2.24, 2.45) is 0 Å². The van der Waals surface area contributed by atoms with Gasteiger partial charge in [0.2, 0.25) is 10.0 Å². The van der Waals surface area contributed by atoms with Crippen LogP contribution in [0, 0.1) is 0 Å². The van der Waals surface area contributed by atoms with Gasteiger partial charge in [-0.2, -0.15) is 4.72 Å². The van der Waals surface area contributed by atoms with Crippen LogP contribution in [-0.2, 0) is 14.8 Å². The van der Waals surface area contributed by atoms with Gasteiger partial charge in [-0.15, -0.1) is 0 Å². The van der Waals surface area contributed by atoms with Gasteiger partial charge in [0.1, 0.15) is 6.17 Å². The van der Waals surface area contributed by atoms with Gasteiger partial charge in [-0.3, -0.25) is 4.90 Å². The first-order valence-electron chi connectivity index (χ1n) is 5.12. The van der Waals surface area contributed by atoms with Crippen molar-refractivity contribution < 1.29 is 13.2 Å². The maximum Gasteiger partial charge on any atom is 0.213 e. The second-order valence-electron chi connectivity index (χ2n) is 3.89. The quantitative estimate of drug-likeness (QED) is 0.440. The summed E-state index contributed by atoms with van der Waals surface area (Å²) in [7, 11) is 2.19. The Bertz CT molecular complexity index is 303. The van der Waals surface area contributed by atoms with E-state index in [2.05, 4.69) is 4.72 Å². The van der Waals surface area contributed by atoms with Crippen LogP contribution in [0.15, 0.2) is 0 Å². The van der Waals surface area contributed by atoms with E-state index in [4.69, 9.17) is 0 Å². The predicted molar refractivity (Wildman–Crippen MR) is 63.6 cm³/mol. The second kappa shape index (κ2) is 6.95. The normalized spacial score (nSPS) is 14.4. The van der Waals surface area contributed by atoms with E-state index >= 15 is 0 Å². The van der Waals surface area contributed by atoms with Crippen LogP contribution in [0.1, 0.15) is 6.92 Å². The largest absolute Gasteiger partial charge is 0.308 e. The van der Waals surface area contributed by atoms with E-state index in [1.165, 1.54) is 6.92 Å². The summed E-state index contributed by atoms with van der Waals surface area (Å²) in [5.74, 6) is -0.0289. The average Bonchev–Trinajstić information content (AvgIpc) is 2.22. The van der Waals surface area contributed by atoms with E-state index in [9.17, 15) is 13.2 Å². The molecule has 0 amide bonds. The maximum atomic E-state index is 11.3. The molecule has 0 fully saturated rings. The van der Waals surface area contributed by atoms with Crippen LogP contribution in [-0.4, -0.2) is 70.7 Å². The molecule has 1 N–H and O–H groups in total. The minimum Gasteiger partial charge on any atom is -0.308 e. The van der Waals surface area contributed by atoms with Crippen molar-refractivity contribution in [3.8, 4) is 0 Å². The molecule has 6 nitrogen and oxygen atoms in total. The number of nitrogens with zero attached hydrogens (tertiary/aromatic N) is 2. The van der Waals surface area contributed by atoms with E-state index in [1.807, 2.05) is 19.0 Å². The second-order valence-corrected chi connectivity index (χ2v) is 5.93. The van der Waals surface area contributed by atoms with Crippen molar-refractivity contribution in [3.63, 3.8) is 0 Å². The summed E-state index contributed by atoms with van der Waals surface area (Å²) >= 11 is 0. The Balaban J connectivity index is 4.33. The summed E-state index contributed by atoms with van der Waals surface area (Å²) in [6, 6.07) is 0. The molecular weight excluding hydrogens is 230 g/mol. The summed E-state index contributed by atoms with van der Waals surface area (Å²) in [5, 5.41) is 0. The van der Waals surface area contributed by atoms with Crippen molar-refractivity contribution in [2.45, 2.75) is 13.1 Å². The standard InChI is InChI=1S/C9H21N3O3S/c1-5-16(14,15)10-9(8-13)12(4)7-6-11(2)3/h8-10H,5-7H2,1-4H3. The number of carbonyl (C=O) groups excluding carboxylic acids is 1. The van der Waals surface area contributed by atoms with Crippen molar-refractivity contribution in [1.29, 1.82) is 0 Å². The van der Waals surface area contributed by atoms with E-state index in [-0.39, 0.29) is 5.75 Å². The van der Waals surface area contributed by atoms with Crippen molar-refractivity contribution in [1.82, 2.24) is 14.5 Å². The third-order valence-corrected chi connectivity index (χ3v) is 3.54. The predicted octanol–water partition coefficient (Wildman–Crippen LogP) is -1.06. The molecule has 0 aromatic heterocycles. The molecule has 16 heavy (non-hydrogen) atoms. The molecule has 0 aliphatic heterocycles. The topological polar surface area (TPSA) is 69.7 Å². The van der Waals surface area contributed by atoms with Gasteiger partial charge in [0, 0.05) is 13.1 Å². The number of hydrogen-bond acceptors (Lipinski definition) is 5. The highest BCUT2D eigenvalue weighted by Gasteiger charge is 2.19. The molecule has 7 heteroatoms. The third kappa shape index (κ3) is 6.16. The molecule has 0 aromatic carbocycles. The molecule has 0 spiro atoms. The Morgan fingerprint density at radius 3 is 2.19 bits per heavy atom. The monoisotopic (exact) mass is 251 g/mol. The first-order valence-corrected chi connectivity index (χ1v) is 6.78. The number of hydrogen-bond donors (Lipinski definition) is 1. The lowest BCUT2D eigenvalue weighted by Gasteiger charge is -2.25. The SMILES string of the molecule is CCS(=O)(=O)NC(C=O)N(C)CCN(C)C. The molecule has 1 unspecified atom stereocenters. The minimum absolute atomic E-state index is 0.0289. The summed E-state index contributed by atoms with van der Waals surface area (Å²) in [4.78, 5) is 14.4. The Hall–Kier alpha value is -0.500. The highest BCUT2D eigenvalue weighted by Crippen LogP contribution is 1.94. The molecule has 0 radical (unpaired) electrons. The van der Waals surface area contributed by atoms with Crippen molar-refractivity contribution >= 4 is 16.3 Å². The van der Waals surface area contributed by atoms with Gasteiger partial charge >= 0.3 is 0 Å². The first kappa shape index (κ1) is 15.5. The average molecular weight is 251 g/mol. The number of rotatable bonds is 8. The zero-order valence-corrected chi connectivity index (χ0v) is 11.1. The molecule has 0 aromatic rings. The van der Waals surface area contributed by atoms with Crippen LogP contribution in [0.3, 0.4) is 0 Å². The van der Waals surface area contributed by atoms with Gasteiger partial charge < -0.3 is 9.69 Å². The fourth-order valence-electron chi connectivity index (χ4n) is 0.986. The number of carbonyl (C=O) groups is 1. The highest BCUT2D eigenvalue weighted by atomic mass is 32.2. The first-order chi connectivity index (χ1) is 7.32. The number of sulfonamides is 1. The summed E-state index contributed by atoms with van der Waals surface area (Å²) in [5.41, 5.74) is 0. The zero-order chi connectivity index (χ0) is 12.8. The molecule has 0 rings (SSSR count). The Morgan fingerprint density at radius 2 is 1.81 bits per heavy atom. The van der Waals surface area contributed by atoms with Gasteiger partial charge in [-0.1, -0.05) is 0 Å². The molecule has 0 heterocycles. The van der Waals surface area contributed by atoms with Crippen molar-refractivity contribution in [3.05, 3.63) is 0 Å². The van der Waals surface area contributed by atoms with E-state index in [0.717, 1.165) is 6.54 Å². The van der Waals surface area contributed by atoms with Gasteiger partial charge in [-0.05, 0) is 28.1 Å². The molecule has 0 aliphatic rings. The fraction of sp³-hybridized carbons (Fsp3) is 0.889. The lowest BCUT2D eigenvalue weighted by Crippen LogP contribution is -2.49. The number of aldehydes is 1. The van der Waals surface area contributed by atoms with Crippen LogP contribution in [0.5, 0.6) is 0 Å². The molecule has 1 atom stereocenters. The molecular formula is C9H21N3O3S. The lowest BCUT2D eigenvalue weighted by atomic mass is 10.4. The maximum absolute atomic E-state index is 11.3. The number of likely N-dealkylation sites (N-methyl/N-ethyl adjacent to an activating group) is 2. The lowest BCUT2D eigenvalue weighted by molar-refractivity contribution is -0.112. The fourth-order valence-corrected chi connectivity index (χ4v) is 1.76. The molecule has 0 saturated heterocycles. The minimum atomic E-state index is -3.35. The van der Waals surface area contributed by atoms with E-state index in [0.29, 0.717) is 12.8 Å². The van der Waals surface area contributed by atoms with Gasteiger partial charge in [-0.25, -0.2) is 8.42 Å². The van der Waals surface area contributed by atoms with Crippen LogP contribution in [0.25, 0.3) is 0 Å². The molecule has 0 saturated carbocycles. The van der Waals surface area contributed by atoms with Crippen LogP contribution >= 0.6 is 0 Å². The number of nitrogens with one attached hydrogen (secondary N) is 1. The summed E-state index contributed by atoms with van der Waals surface area (Å²) in [6.07, 6.45) is -0.187. The Labute approximate surface area is 97.7 Å². The Kier molecular flexibility index (Phi) is 6.73. The van der Waals surface area contributed by atoms with Crippen molar-refractivity contribution in [2.75, 3.05) is 40.0 Å². The third-order valence-electron chi connectivity index (χ3n) is 2.18.